The molecule has 0 spiro atoms. The monoisotopic (exact) mass is 415 g/mol. The predicted octanol–water partition coefficient (Wildman–Crippen LogP) is 4.26. The Hall–Kier alpha value is -2.28. The molecule has 4 rings (SSSR count). The van der Waals surface area contributed by atoms with Gasteiger partial charge in [0.25, 0.3) is 5.91 Å². The molecule has 5 nitrogen and oxygen atoms in total. The van der Waals surface area contributed by atoms with Crippen molar-refractivity contribution < 1.29 is 14.0 Å². The minimum absolute atomic E-state index is 0.00492. The summed E-state index contributed by atoms with van der Waals surface area (Å²) in [4.78, 5) is 34.9. The van der Waals surface area contributed by atoms with Crippen molar-refractivity contribution in [1.82, 2.24) is 14.8 Å². The van der Waals surface area contributed by atoms with E-state index in [4.69, 9.17) is 0 Å². The molecule has 2 saturated heterocycles. The molecule has 2 aromatic rings. The van der Waals surface area contributed by atoms with E-state index < -0.39 is 0 Å². The second kappa shape index (κ2) is 7.52. The maximum atomic E-state index is 13.5. The maximum absolute atomic E-state index is 13.5. The van der Waals surface area contributed by atoms with E-state index in [1.807, 2.05) is 16.7 Å². The van der Waals surface area contributed by atoms with Crippen LogP contribution in [0.2, 0.25) is 0 Å². The van der Waals surface area contributed by atoms with E-state index in [9.17, 15) is 14.0 Å². The number of piperidine rings is 2. The number of carbonyl (C=O) groups is 2. The highest BCUT2D eigenvalue weighted by Gasteiger charge is 2.49. The summed E-state index contributed by atoms with van der Waals surface area (Å²) in [5, 5.41) is 0.722. The molecule has 2 fully saturated rings. The Morgan fingerprint density at radius 2 is 1.93 bits per heavy atom. The van der Waals surface area contributed by atoms with Crippen LogP contribution in [0.4, 0.5) is 4.39 Å². The van der Waals surface area contributed by atoms with Crippen molar-refractivity contribution in [2.24, 2.45) is 0 Å². The van der Waals surface area contributed by atoms with Gasteiger partial charge in [0.2, 0.25) is 5.91 Å². The number of fused-ring (bicyclic) bond motifs is 1. The molecule has 1 aromatic heterocycles. The second-order valence-electron chi connectivity index (χ2n) is 8.23. The molecule has 0 bridgehead atoms. The van der Waals surface area contributed by atoms with Gasteiger partial charge < -0.3 is 9.80 Å². The van der Waals surface area contributed by atoms with E-state index in [0.717, 1.165) is 42.8 Å². The highest BCUT2D eigenvalue weighted by atomic mass is 32.1. The minimum atomic E-state index is -0.309. The number of nitrogens with zero attached hydrogens (tertiary/aromatic N) is 3. The van der Waals surface area contributed by atoms with Gasteiger partial charge in [-0.2, -0.15) is 0 Å². The van der Waals surface area contributed by atoms with Crippen molar-refractivity contribution in [1.29, 1.82) is 0 Å². The molecular formula is C22H26FN3O2S. The standard InChI is InChI=1S/C22H26FN3O2S/c1-14-19(29-20(24-14)16-7-9-17(23)10-8-16)21(28)25-12-5-11-22(3)18(25)6-4-13-26(22)15(2)27/h7-10,18H,4-6,11-13H2,1-3H3/t18-,22-/m0/s1. The van der Waals surface area contributed by atoms with Crippen LogP contribution in [0.25, 0.3) is 10.6 Å². The molecule has 2 aliphatic rings. The number of rotatable bonds is 2. The highest BCUT2D eigenvalue weighted by molar-refractivity contribution is 7.17. The fourth-order valence-electron chi connectivity index (χ4n) is 4.95. The van der Waals surface area contributed by atoms with E-state index in [1.165, 1.54) is 23.5 Å². The molecular weight excluding hydrogens is 389 g/mol. The van der Waals surface area contributed by atoms with Gasteiger partial charge in [-0.3, -0.25) is 9.59 Å². The molecule has 0 aliphatic carbocycles. The van der Waals surface area contributed by atoms with Crippen molar-refractivity contribution in [3.63, 3.8) is 0 Å². The first-order chi connectivity index (χ1) is 13.8. The van der Waals surface area contributed by atoms with Crippen LogP contribution in [0.1, 0.15) is 54.9 Å². The van der Waals surface area contributed by atoms with E-state index in [2.05, 4.69) is 11.9 Å². The number of hydrogen-bond acceptors (Lipinski definition) is 4. The molecule has 0 unspecified atom stereocenters. The average molecular weight is 416 g/mol. The second-order valence-corrected chi connectivity index (χ2v) is 9.23. The van der Waals surface area contributed by atoms with Gasteiger partial charge in [-0.1, -0.05) is 0 Å². The van der Waals surface area contributed by atoms with E-state index in [0.29, 0.717) is 17.1 Å². The third kappa shape index (κ3) is 3.45. The van der Waals surface area contributed by atoms with Gasteiger partial charge in [0.05, 0.1) is 17.3 Å². The lowest BCUT2D eigenvalue weighted by Gasteiger charge is -2.56. The fraction of sp³-hybridized carbons (Fsp3) is 0.500. The molecule has 3 heterocycles. The number of halogens is 1. The Morgan fingerprint density at radius 1 is 1.21 bits per heavy atom. The summed E-state index contributed by atoms with van der Waals surface area (Å²) >= 11 is 1.36. The number of likely N-dealkylation sites (tertiary alicyclic amines) is 2. The first-order valence-electron chi connectivity index (χ1n) is 10.1. The summed E-state index contributed by atoms with van der Waals surface area (Å²) in [6.45, 7) is 7.06. The Bertz CT molecular complexity index is 942. The van der Waals surface area contributed by atoms with Crippen LogP contribution < -0.4 is 0 Å². The van der Waals surface area contributed by atoms with Crippen LogP contribution >= 0.6 is 11.3 Å². The summed E-state index contributed by atoms with van der Waals surface area (Å²) in [5.74, 6) is -0.216. The minimum Gasteiger partial charge on any atom is -0.335 e. The molecule has 0 N–H and O–H groups in total. The zero-order valence-electron chi connectivity index (χ0n) is 17.1. The van der Waals surface area contributed by atoms with Crippen molar-refractivity contribution in [2.75, 3.05) is 13.1 Å². The lowest BCUT2D eigenvalue weighted by atomic mass is 9.76. The molecule has 29 heavy (non-hydrogen) atoms. The van der Waals surface area contributed by atoms with Crippen LogP contribution in [-0.4, -0.2) is 51.3 Å². The zero-order chi connectivity index (χ0) is 20.8. The van der Waals surface area contributed by atoms with Gasteiger partial charge in [0.15, 0.2) is 0 Å². The number of thiazole rings is 1. The molecule has 1 aromatic carbocycles. The average Bonchev–Trinajstić information content (AvgIpc) is 3.08. The van der Waals surface area contributed by atoms with Crippen molar-refractivity contribution >= 4 is 23.2 Å². The SMILES string of the molecule is CC(=O)N1CCC[C@@H]2N(C(=O)c3sc(-c4ccc(F)cc4)nc3C)CCC[C@@]21C. The van der Waals surface area contributed by atoms with Crippen LogP contribution in [0.15, 0.2) is 24.3 Å². The molecule has 154 valence electrons. The van der Waals surface area contributed by atoms with Gasteiger partial charge in [-0.15, -0.1) is 11.3 Å². The van der Waals surface area contributed by atoms with Gasteiger partial charge in [0.1, 0.15) is 15.7 Å². The van der Waals surface area contributed by atoms with E-state index in [-0.39, 0.29) is 29.2 Å². The number of amides is 2. The third-order valence-electron chi connectivity index (χ3n) is 6.37. The van der Waals surface area contributed by atoms with E-state index in [1.54, 1.807) is 19.1 Å². The number of benzene rings is 1. The molecule has 2 amide bonds. The van der Waals surface area contributed by atoms with Crippen molar-refractivity contribution in [3.05, 3.63) is 40.7 Å². The quantitative estimate of drug-likeness (QED) is 0.736. The van der Waals surface area contributed by atoms with Gasteiger partial charge in [-0.25, -0.2) is 9.37 Å². The Kier molecular flexibility index (Phi) is 5.19. The highest BCUT2D eigenvalue weighted by Crippen LogP contribution is 2.40. The smallest absolute Gasteiger partial charge is 0.266 e. The van der Waals surface area contributed by atoms with E-state index >= 15 is 0 Å². The lowest BCUT2D eigenvalue weighted by Crippen LogP contribution is -2.67. The van der Waals surface area contributed by atoms with Crippen molar-refractivity contribution in [2.45, 2.75) is 58.0 Å². The number of hydrogen-bond donors (Lipinski definition) is 0. The summed E-state index contributed by atoms with van der Waals surface area (Å²) < 4.78 is 13.2. The molecule has 2 aliphatic heterocycles. The van der Waals surface area contributed by atoms with Crippen LogP contribution in [0.5, 0.6) is 0 Å². The van der Waals surface area contributed by atoms with Crippen LogP contribution in [-0.2, 0) is 4.79 Å². The first-order valence-corrected chi connectivity index (χ1v) is 11.0. The lowest BCUT2D eigenvalue weighted by molar-refractivity contribution is -0.143. The predicted molar refractivity (Wildman–Crippen MR) is 111 cm³/mol. The Morgan fingerprint density at radius 3 is 2.62 bits per heavy atom. The summed E-state index contributed by atoms with van der Waals surface area (Å²) in [5.41, 5.74) is 1.20. The Balaban J connectivity index is 1.64. The first kappa shape index (κ1) is 20.0. The van der Waals surface area contributed by atoms with Gasteiger partial charge in [-0.05, 0) is 63.8 Å². The molecule has 0 saturated carbocycles. The number of aryl methyl sites for hydroxylation is 1. The largest absolute Gasteiger partial charge is 0.335 e. The van der Waals surface area contributed by atoms with Gasteiger partial charge in [0, 0.05) is 25.6 Å². The molecule has 0 radical (unpaired) electrons. The van der Waals surface area contributed by atoms with Crippen LogP contribution in [0.3, 0.4) is 0 Å². The summed E-state index contributed by atoms with van der Waals surface area (Å²) in [7, 11) is 0. The third-order valence-corrected chi connectivity index (χ3v) is 7.57. The number of aromatic nitrogens is 1. The van der Waals surface area contributed by atoms with Gasteiger partial charge >= 0.3 is 0 Å². The summed E-state index contributed by atoms with van der Waals surface area (Å²) in [6, 6.07) is 6.21. The summed E-state index contributed by atoms with van der Waals surface area (Å²) in [6.07, 6.45) is 3.62. The Labute approximate surface area is 174 Å². The maximum Gasteiger partial charge on any atom is 0.266 e. The zero-order valence-corrected chi connectivity index (χ0v) is 17.9. The molecule has 7 heteroatoms. The van der Waals surface area contributed by atoms with Crippen LogP contribution in [0, 0.1) is 12.7 Å². The normalized spacial score (nSPS) is 24.3. The van der Waals surface area contributed by atoms with Crippen molar-refractivity contribution in [3.8, 4) is 10.6 Å². The molecule has 2 atom stereocenters. The topological polar surface area (TPSA) is 53.5 Å². The number of carbonyl (C=O) groups excluding carboxylic acids is 2. The fourth-order valence-corrected chi connectivity index (χ4v) is 5.97.